The van der Waals surface area contributed by atoms with E-state index in [1.54, 1.807) is 48.5 Å². The molecule has 0 atom stereocenters. The Labute approximate surface area is 125 Å². The van der Waals surface area contributed by atoms with Gasteiger partial charge in [-0.05, 0) is 0 Å². The van der Waals surface area contributed by atoms with Crippen LogP contribution in [-0.2, 0) is 0 Å². The molecule has 2 aromatic carbocycles. The van der Waals surface area contributed by atoms with E-state index in [1.165, 1.54) is 0 Å². The van der Waals surface area contributed by atoms with Crippen molar-refractivity contribution in [3.05, 3.63) is 83.2 Å². The quantitative estimate of drug-likeness (QED) is 0.694. The third-order valence-electron chi connectivity index (χ3n) is 2.99. The van der Waals surface area contributed by atoms with Crippen molar-refractivity contribution in [1.29, 1.82) is 0 Å². The molecule has 0 amide bonds. The molecule has 5 heteroatoms. The molecular weight excluding hydrogens is 284 g/mol. The van der Waals surface area contributed by atoms with Gasteiger partial charge in [0.25, 0.3) is 0 Å². The van der Waals surface area contributed by atoms with Crippen LogP contribution in [0.25, 0.3) is 0 Å². The predicted octanol–water partition coefficient (Wildman–Crippen LogP) is 3.00. The number of hydrogen-bond donors (Lipinski definition) is 0. The maximum Gasteiger partial charge on any atom is 0.214 e. The van der Waals surface area contributed by atoms with Crippen LogP contribution in [0.15, 0.2) is 60.7 Å². The van der Waals surface area contributed by atoms with Crippen LogP contribution in [0.5, 0.6) is 0 Å². The first-order valence-electron chi connectivity index (χ1n) is 6.29. The maximum atomic E-state index is 12.4. The van der Waals surface area contributed by atoms with E-state index >= 15 is 0 Å². The van der Waals surface area contributed by atoms with Gasteiger partial charge in [-0.2, -0.15) is 8.75 Å². The smallest absolute Gasteiger partial charge is 0.214 e. The van der Waals surface area contributed by atoms with Crippen molar-refractivity contribution in [3.63, 3.8) is 0 Å². The SMILES string of the molecule is O=C(c1ccccc1)c1nsnc1C(=O)c1ccccc1. The Kier molecular flexibility index (Phi) is 3.66. The lowest BCUT2D eigenvalue weighted by atomic mass is 10.0. The fourth-order valence-electron chi connectivity index (χ4n) is 1.94. The number of hydrogen-bond acceptors (Lipinski definition) is 5. The lowest BCUT2D eigenvalue weighted by Gasteiger charge is -2.00. The first-order valence-corrected chi connectivity index (χ1v) is 7.02. The first-order chi connectivity index (χ1) is 10.3. The van der Waals surface area contributed by atoms with Gasteiger partial charge in [0.15, 0.2) is 11.4 Å². The zero-order valence-corrected chi connectivity index (χ0v) is 11.7. The van der Waals surface area contributed by atoms with Crippen molar-refractivity contribution >= 4 is 23.3 Å². The molecule has 0 aliphatic carbocycles. The molecule has 0 N–H and O–H groups in total. The fourth-order valence-corrected chi connectivity index (χ4v) is 2.48. The van der Waals surface area contributed by atoms with Crippen LogP contribution in [0.2, 0.25) is 0 Å². The molecule has 0 saturated heterocycles. The third kappa shape index (κ3) is 2.64. The number of rotatable bonds is 4. The summed E-state index contributed by atoms with van der Waals surface area (Å²) in [6, 6.07) is 17.5. The summed E-state index contributed by atoms with van der Waals surface area (Å²) < 4.78 is 8.00. The van der Waals surface area contributed by atoms with Crippen LogP contribution in [0.4, 0.5) is 0 Å². The molecule has 21 heavy (non-hydrogen) atoms. The summed E-state index contributed by atoms with van der Waals surface area (Å²) in [5.41, 5.74) is 1.21. The molecule has 0 radical (unpaired) electrons. The highest BCUT2D eigenvalue weighted by Crippen LogP contribution is 2.16. The van der Waals surface area contributed by atoms with Gasteiger partial charge in [-0.25, -0.2) is 0 Å². The van der Waals surface area contributed by atoms with Crippen LogP contribution < -0.4 is 0 Å². The van der Waals surface area contributed by atoms with E-state index in [-0.39, 0.29) is 23.0 Å². The highest BCUT2D eigenvalue weighted by molar-refractivity contribution is 6.99. The van der Waals surface area contributed by atoms with Gasteiger partial charge in [-0.3, -0.25) is 9.59 Å². The summed E-state index contributed by atoms with van der Waals surface area (Å²) in [6.45, 7) is 0. The number of benzene rings is 2. The summed E-state index contributed by atoms with van der Waals surface area (Å²) >= 11 is 0.871. The maximum absolute atomic E-state index is 12.4. The highest BCUT2D eigenvalue weighted by atomic mass is 32.1. The Balaban J connectivity index is 1.99. The molecule has 0 unspecified atom stereocenters. The molecule has 0 spiro atoms. The zero-order valence-electron chi connectivity index (χ0n) is 10.9. The molecule has 3 aromatic rings. The number of nitrogens with zero attached hydrogens (tertiary/aromatic N) is 2. The Morgan fingerprint density at radius 3 is 1.43 bits per heavy atom. The number of ketones is 2. The summed E-state index contributed by atoms with van der Waals surface area (Å²) in [6.07, 6.45) is 0. The molecule has 3 rings (SSSR count). The van der Waals surface area contributed by atoms with Gasteiger partial charge in [0.05, 0.1) is 11.7 Å². The molecule has 0 saturated carbocycles. The van der Waals surface area contributed by atoms with Crippen LogP contribution in [-0.4, -0.2) is 20.3 Å². The van der Waals surface area contributed by atoms with E-state index in [2.05, 4.69) is 8.75 Å². The Hall–Kier alpha value is -2.66. The Morgan fingerprint density at radius 2 is 1.05 bits per heavy atom. The predicted molar refractivity (Wildman–Crippen MR) is 79.7 cm³/mol. The van der Waals surface area contributed by atoms with E-state index < -0.39 is 0 Å². The van der Waals surface area contributed by atoms with Gasteiger partial charge in [-0.1, -0.05) is 60.7 Å². The molecule has 1 aromatic heterocycles. The average Bonchev–Trinajstić information content (AvgIpc) is 3.04. The minimum absolute atomic E-state index is 0.111. The van der Waals surface area contributed by atoms with Gasteiger partial charge < -0.3 is 0 Å². The average molecular weight is 294 g/mol. The van der Waals surface area contributed by atoms with Gasteiger partial charge in [-0.15, -0.1) is 0 Å². The highest BCUT2D eigenvalue weighted by Gasteiger charge is 2.23. The van der Waals surface area contributed by atoms with E-state index in [0.29, 0.717) is 11.1 Å². The second kappa shape index (κ2) is 5.76. The van der Waals surface area contributed by atoms with Crippen molar-refractivity contribution in [2.45, 2.75) is 0 Å². The number of carbonyl (C=O) groups is 2. The summed E-state index contributed by atoms with van der Waals surface area (Å²) in [7, 11) is 0. The minimum Gasteiger partial charge on any atom is -0.287 e. The summed E-state index contributed by atoms with van der Waals surface area (Å²) in [5, 5.41) is 0. The molecule has 0 aliphatic rings. The van der Waals surface area contributed by atoms with E-state index in [1.807, 2.05) is 12.1 Å². The fraction of sp³-hybridized carbons (Fsp3) is 0. The Bertz CT molecular complexity index is 716. The molecule has 0 fully saturated rings. The molecule has 1 heterocycles. The van der Waals surface area contributed by atoms with Gasteiger partial charge in [0.2, 0.25) is 11.6 Å². The van der Waals surface area contributed by atoms with Crippen molar-refractivity contribution < 1.29 is 9.59 Å². The van der Waals surface area contributed by atoms with Crippen molar-refractivity contribution in [2.75, 3.05) is 0 Å². The summed E-state index contributed by atoms with van der Waals surface area (Å²) in [4.78, 5) is 24.8. The van der Waals surface area contributed by atoms with Gasteiger partial charge in [0.1, 0.15) is 0 Å². The molecule has 0 aliphatic heterocycles. The number of aromatic nitrogens is 2. The second-order valence-electron chi connectivity index (χ2n) is 4.35. The third-order valence-corrected chi connectivity index (χ3v) is 3.52. The van der Waals surface area contributed by atoms with Crippen molar-refractivity contribution in [1.82, 2.24) is 8.75 Å². The monoisotopic (exact) mass is 294 g/mol. The molecular formula is C16H10N2O2S. The normalized spacial score (nSPS) is 10.3. The van der Waals surface area contributed by atoms with Crippen LogP contribution in [0.1, 0.15) is 32.1 Å². The topological polar surface area (TPSA) is 59.9 Å². The zero-order chi connectivity index (χ0) is 14.7. The first kappa shape index (κ1) is 13.3. The minimum atomic E-state index is -0.288. The summed E-state index contributed by atoms with van der Waals surface area (Å²) in [5.74, 6) is -0.577. The van der Waals surface area contributed by atoms with E-state index in [0.717, 1.165) is 11.7 Å². The van der Waals surface area contributed by atoms with E-state index in [9.17, 15) is 9.59 Å². The molecule has 4 nitrogen and oxygen atoms in total. The molecule has 0 bridgehead atoms. The van der Waals surface area contributed by atoms with E-state index in [4.69, 9.17) is 0 Å². The van der Waals surface area contributed by atoms with Crippen molar-refractivity contribution in [3.8, 4) is 0 Å². The van der Waals surface area contributed by atoms with Gasteiger partial charge >= 0.3 is 0 Å². The van der Waals surface area contributed by atoms with Gasteiger partial charge in [0, 0.05) is 11.1 Å². The lowest BCUT2D eigenvalue weighted by Crippen LogP contribution is -2.11. The second-order valence-corrected chi connectivity index (χ2v) is 4.88. The Morgan fingerprint density at radius 1 is 0.667 bits per heavy atom. The molecule has 102 valence electrons. The van der Waals surface area contributed by atoms with Crippen LogP contribution in [0, 0.1) is 0 Å². The largest absolute Gasteiger partial charge is 0.287 e. The van der Waals surface area contributed by atoms with Crippen molar-refractivity contribution in [2.24, 2.45) is 0 Å². The standard InChI is InChI=1S/C16H10N2O2S/c19-15(11-7-3-1-4-8-11)13-14(18-21-17-13)16(20)12-9-5-2-6-10-12/h1-10H. The van der Waals surface area contributed by atoms with Crippen LogP contribution >= 0.6 is 11.7 Å². The van der Waals surface area contributed by atoms with Crippen LogP contribution in [0.3, 0.4) is 0 Å². The lowest BCUT2D eigenvalue weighted by molar-refractivity contribution is 0.0998. The number of carbonyl (C=O) groups excluding carboxylic acids is 2.